The zero-order chi connectivity index (χ0) is 8.04. The third-order valence-electron chi connectivity index (χ3n) is 1.55. The number of thiol groups is 1. The van der Waals surface area contributed by atoms with E-state index in [0.717, 1.165) is 12.2 Å². The predicted octanol–water partition coefficient (Wildman–Crippen LogP) is 1.84. The number of unbranched alkanes of at least 4 members (excludes halogenated alkanes) is 3. The highest BCUT2D eigenvalue weighted by Crippen LogP contribution is 2.03. The second-order valence-electron chi connectivity index (χ2n) is 3.36. The van der Waals surface area contributed by atoms with Crippen LogP contribution in [0.3, 0.4) is 0 Å². The Hall–Kier alpha value is 0.150. The average molecular weight is 164 g/mol. The van der Waals surface area contributed by atoms with Crippen LogP contribution in [0.4, 0.5) is 0 Å². The normalized spacial score (nSPS) is 13.5. The third-order valence-corrected chi connectivity index (χ3v) is 2.94. The van der Waals surface area contributed by atoms with Crippen LogP contribution < -0.4 is 0 Å². The topological polar surface area (TPSA) is 17.1 Å². The molecule has 1 nitrogen and oxygen atoms in total. The molecule has 0 spiro atoms. The van der Waals surface area contributed by atoms with Gasteiger partial charge in [-0.25, -0.2) is 0 Å². The molecule has 0 aromatic heterocycles. The van der Waals surface area contributed by atoms with Crippen molar-refractivity contribution in [3.05, 3.63) is 0 Å². The zero-order valence-electron chi connectivity index (χ0n) is 7.39. The second kappa shape index (κ2) is 4.89. The Labute approximate surface area is 65.6 Å². The molecule has 0 aliphatic heterocycles. The van der Waals surface area contributed by atoms with Crippen molar-refractivity contribution in [1.29, 1.82) is 0 Å². The van der Waals surface area contributed by atoms with Crippen LogP contribution in [0.5, 0.6) is 0 Å². The molecule has 0 radical (unpaired) electrons. The van der Waals surface area contributed by atoms with Gasteiger partial charge in [-0.2, -0.15) is 0 Å². The second-order valence-corrected chi connectivity index (χ2v) is 6.95. The van der Waals surface area contributed by atoms with E-state index in [-0.39, 0.29) is 0 Å². The van der Waals surface area contributed by atoms with E-state index >= 15 is 0 Å². The van der Waals surface area contributed by atoms with Gasteiger partial charge in [0.25, 0.3) is 0 Å². The molecule has 0 rings (SSSR count). The van der Waals surface area contributed by atoms with Crippen LogP contribution in [0.25, 0.3) is 0 Å². The molecule has 0 amide bonds. The van der Waals surface area contributed by atoms with Crippen molar-refractivity contribution in [1.82, 2.24) is 0 Å². The van der Waals surface area contributed by atoms with Crippen molar-refractivity contribution in [2.45, 2.75) is 32.6 Å². The molecule has 0 aromatic carbocycles. The first kappa shape index (κ1) is 10.2. The Morgan fingerprint density at radius 3 is 2.10 bits per heavy atom. The maximum absolute atomic E-state index is 11.2. The van der Waals surface area contributed by atoms with E-state index in [1.807, 2.05) is 12.5 Å². The molecule has 0 saturated carbocycles. The molecular weight excluding hydrogens is 144 g/mol. The summed E-state index contributed by atoms with van der Waals surface area (Å²) in [6, 6.07) is 0. The molecule has 0 saturated heterocycles. The molecule has 0 unspecified atom stereocenters. The van der Waals surface area contributed by atoms with Crippen LogP contribution in [0.2, 0.25) is 0 Å². The van der Waals surface area contributed by atoms with Crippen LogP contribution in [-0.2, 0) is 9.93 Å². The quantitative estimate of drug-likeness (QED) is 0.485. The van der Waals surface area contributed by atoms with Crippen molar-refractivity contribution in [3.63, 3.8) is 0 Å². The summed E-state index contributed by atoms with van der Waals surface area (Å²) >= 11 is 0. The minimum Gasteiger partial charge on any atom is -0.285 e. The zero-order valence-corrected chi connectivity index (χ0v) is 8.29. The summed E-state index contributed by atoms with van der Waals surface area (Å²) in [6.07, 6.45) is 8.70. The highest BCUT2D eigenvalue weighted by Gasteiger charge is 1.98. The Morgan fingerprint density at radius 1 is 1.10 bits per heavy atom. The number of hydrogen-bond acceptors (Lipinski definition) is 1. The summed E-state index contributed by atoms with van der Waals surface area (Å²) in [5.41, 5.74) is 0. The van der Waals surface area contributed by atoms with Gasteiger partial charge in [-0.3, -0.25) is 4.21 Å². The molecule has 0 heterocycles. The molecule has 0 aliphatic carbocycles. The Balaban J connectivity index is 3.13. The summed E-state index contributed by atoms with van der Waals surface area (Å²) < 4.78 is 11.2. The fraction of sp³-hybridized carbons (Fsp3) is 1.00. The van der Waals surface area contributed by atoms with E-state index in [2.05, 4.69) is 6.92 Å². The fourth-order valence-electron chi connectivity index (χ4n) is 0.919. The largest absolute Gasteiger partial charge is 0.285 e. The third kappa shape index (κ3) is 8.15. The van der Waals surface area contributed by atoms with Gasteiger partial charge in [-0.1, -0.05) is 26.2 Å². The first-order valence-electron chi connectivity index (χ1n) is 4.10. The van der Waals surface area contributed by atoms with Crippen molar-refractivity contribution in [2.24, 2.45) is 0 Å². The van der Waals surface area contributed by atoms with Crippen molar-refractivity contribution in [2.75, 3.05) is 18.3 Å². The summed E-state index contributed by atoms with van der Waals surface area (Å²) in [7, 11) is -1.71. The van der Waals surface area contributed by atoms with E-state index in [4.69, 9.17) is 0 Å². The first-order valence-corrected chi connectivity index (χ1v) is 6.89. The first-order chi connectivity index (χ1) is 4.56. The summed E-state index contributed by atoms with van der Waals surface area (Å²) in [5, 5.41) is 0. The van der Waals surface area contributed by atoms with Crippen LogP contribution in [0.15, 0.2) is 0 Å². The van der Waals surface area contributed by atoms with E-state index in [9.17, 15) is 4.21 Å². The van der Waals surface area contributed by atoms with Gasteiger partial charge in [0.1, 0.15) is 0 Å². The average Bonchev–Trinajstić information content (AvgIpc) is 1.78. The van der Waals surface area contributed by atoms with Crippen LogP contribution in [-0.4, -0.2) is 22.5 Å². The van der Waals surface area contributed by atoms with Gasteiger partial charge in [0.05, 0.1) is 0 Å². The van der Waals surface area contributed by atoms with Gasteiger partial charge < -0.3 is 0 Å². The van der Waals surface area contributed by atoms with Gasteiger partial charge in [0, 0.05) is 5.75 Å². The van der Waals surface area contributed by atoms with E-state index in [1.54, 1.807) is 0 Å². The lowest BCUT2D eigenvalue weighted by atomic mass is 10.2. The molecule has 0 fully saturated rings. The molecule has 0 aromatic rings. The van der Waals surface area contributed by atoms with E-state index in [0.29, 0.717) is 0 Å². The summed E-state index contributed by atoms with van der Waals surface area (Å²) in [4.78, 5) is 0. The van der Waals surface area contributed by atoms with Crippen molar-refractivity contribution in [3.8, 4) is 0 Å². The Bertz CT molecular complexity index is 114. The molecule has 2 heteroatoms. The highest BCUT2D eigenvalue weighted by molar-refractivity contribution is 8.01. The highest BCUT2D eigenvalue weighted by atomic mass is 32.2. The lowest BCUT2D eigenvalue weighted by molar-refractivity contribution is 0.664. The van der Waals surface area contributed by atoms with Gasteiger partial charge in [0.15, 0.2) is 0 Å². The minimum atomic E-state index is -1.71. The van der Waals surface area contributed by atoms with E-state index < -0.39 is 9.93 Å². The van der Waals surface area contributed by atoms with E-state index in [1.165, 1.54) is 19.3 Å². The van der Waals surface area contributed by atoms with Crippen LogP contribution >= 0.6 is 0 Å². The fourth-order valence-corrected chi connectivity index (χ4v) is 1.90. The van der Waals surface area contributed by atoms with Gasteiger partial charge in [0.2, 0.25) is 0 Å². The SMILES string of the molecule is CCCCCC[SH](C)(C)=O. The lowest BCUT2D eigenvalue weighted by Crippen LogP contribution is -2.11. The molecule has 64 valence electrons. The molecule has 0 N–H and O–H groups in total. The summed E-state index contributed by atoms with van der Waals surface area (Å²) in [6.45, 7) is 2.19. The van der Waals surface area contributed by atoms with Gasteiger partial charge >= 0.3 is 0 Å². The Morgan fingerprint density at radius 2 is 1.70 bits per heavy atom. The monoisotopic (exact) mass is 164 g/mol. The maximum atomic E-state index is 11.2. The molecule has 0 aliphatic rings. The summed E-state index contributed by atoms with van der Waals surface area (Å²) in [5.74, 6) is 0.938. The predicted molar refractivity (Wildman–Crippen MR) is 50.4 cm³/mol. The number of rotatable bonds is 5. The molecular formula is C8H20OS. The maximum Gasteiger partial charge on any atom is 0.000767 e. The van der Waals surface area contributed by atoms with Crippen molar-refractivity contribution < 1.29 is 4.21 Å². The van der Waals surface area contributed by atoms with Crippen LogP contribution in [0, 0.1) is 0 Å². The molecule has 0 atom stereocenters. The molecule has 10 heavy (non-hydrogen) atoms. The minimum absolute atomic E-state index is 0.938. The number of hydrogen-bond donors (Lipinski definition) is 1. The Kier molecular flexibility index (Phi) is 4.96. The van der Waals surface area contributed by atoms with Crippen molar-refractivity contribution >= 4 is 9.93 Å². The van der Waals surface area contributed by atoms with Crippen LogP contribution in [0.1, 0.15) is 32.6 Å². The smallest absolute Gasteiger partial charge is 0.000767 e. The van der Waals surface area contributed by atoms with Gasteiger partial charge in [-0.15, -0.1) is 9.93 Å². The molecule has 0 bridgehead atoms. The standard InChI is InChI=1S/C8H20OS/c1-4-5-6-7-8-10(2,3)9/h10H,4-8H2,1-3H3. The van der Waals surface area contributed by atoms with Gasteiger partial charge in [-0.05, 0) is 18.9 Å². The lowest BCUT2D eigenvalue weighted by Gasteiger charge is -2.10.